The van der Waals surface area contributed by atoms with Gasteiger partial charge in [0.2, 0.25) is 0 Å². The van der Waals surface area contributed by atoms with Gasteiger partial charge in [0.1, 0.15) is 0 Å². The maximum atomic E-state index is 5.71. The second-order valence-corrected chi connectivity index (χ2v) is 6.33. The van der Waals surface area contributed by atoms with E-state index in [1.807, 2.05) is 0 Å². The van der Waals surface area contributed by atoms with Crippen LogP contribution >= 0.6 is 0 Å². The molecule has 2 saturated heterocycles. The highest BCUT2D eigenvalue weighted by molar-refractivity contribution is 4.90. The van der Waals surface area contributed by atoms with Crippen LogP contribution in [0.4, 0.5) is 0 Å². The first-order chi connectivity index (χ1) is 8.92. The lowest BCUT2D eigenvalue weighted by molar-refractivity contribution is 0.0985. The summed E-state index contributed by atoms with van der Waals surface area (Å²) in [5, 5.41) is 3.74. The van der Waals surface area contributed by atoms with Gasteiger partial charge in [0.05, 0.1) is 6.10 Å². The van der Waals surface area contributed by atoms with E-state index in [0.717, 1.165) is 18.6 Å². The Kier molecular flexibility index (Phi) is 4.55. The fourth-order valence-electron chi connectivity index (χ4n) is 3.46. The molecule has 0 amide bonds. The van der Waals surface area contributed by atoms with E-state index in [9.17, 15) is 0 Å². The lowest BCUT2D eigenvalue weighted by Crippen LogP contribution is -2.39. The zero-order chi connectivity index (χ0) is 12.2. The minimum absolute atomic E-state index is 0.578. The van der Waals surface area contributed by atoms with Gasteiger partial charge >= 0.3 is 0 Å². The molecule has 0 spiro atoms. The Balaban J connectivity index is 1.37. The van der Waals surface area contributed by atoms with Crippen LogP contribution in [0.15, 0.2) is 0 Å². The Labute approximate surface area is 111 Å². The van der Waals surface area contributed by atoms with E-state index in [-0.39, 0.29) is 0 Å². The molecule has 3 aliphatic rings. The van der Waals surface area contributed by atoms with Crippen molar-refractivity contribution in [1.29, 1.82) is 0 Å². The molecule has 1 aliphatic carbocycles. The van der Waals surface area contributed by atoms with Crippen LogP contribution in [0.3, 0.4) is 0 Å². The Hall–Kier alpha value is -0.120. The Morgan fingerprint density at radius 2 is 2.11 bits per heavy atom. The van der Waals surface area contributed by atoms with Gasteiger partial charge in [-0.15, -0.1) is 0 Å². The molecule has 0 bridgehead atoms. The predicted octanol–water partition coefficient (Wildman–Crippen LogP) is 2.02. The van der Waals surface area contributed by atoms with Crippen LogP contribution < -0.4 is 5.32 Å². The highest BCUT2D eigenvalue weighted by Gasteiger charge is 2.32. The van der Waals surface area contributed by atoms with Gasteiger partial charge in [0.25, 0.3) is 0 Å². The van der Waals surface area contributed by atoms with Crippen molar-refractivity contribution in [3.05, 3.63) is 0 Å². The van der Waals surface area contributed by atoms with Crippen molar-refractivity contribution in [2.45, 2.75) is 57.1 Å². The number of nitrogens with one attached hydrogen (secondary N) is 1. The zero-order valence-corrected chi connectivity index (χ0v) is 11.6. The van der Waals surface area contributed by atoms with Crippen molar-refractivity contribution >= 4 is 0 Å². The van der Waals surface area contributed by atoms with E-state index in [1.165, 1.54) is 71.1 Å². The fourth-order valence-corrected chi connectivity index (χ4v) is 3.46. The zero-order valence-electron chi connectivity index (χ0n) is 11.6. The molecule has 1 saturated carbocycles. The normalized spacial score (nSPS) is 34.7. The predicted molar refractivity (Wildman–Crippen MR) is 73.8 cm³/mol. The van der Waals surface area contributed by atoms with Gasteiger partial charge in [0.15, 0.2) is 0 Å². The van der Waals surface area contributed by atoms with E-state index >= 15 is 0 Å². The quantitative estimate of drug-likeness (QED) is 0.810. The van der Waals surface area contributed by atoms with Crippen LogP contribution in [0.5, 0.6) is 0 Å². The van der Waals surface area contributed by atoms with Gasteiger partial charge in [-0.25, -0.2) is 0 Å². The van der Waals surface area contributed by atoms with Gasteiger partial charge in [-0.05, 0) is 70.5 Å². The van der Waals surface area contributed by atoms with E-state index < -0.39 is 0 Å². The minimum Gasteiger partial charge on any atom is -0.378 e. The lowest BCUT2D eigenvalue weighted by Gasteiger charge is -2.24. The van der Waals surface area contributed by atoms with Crippen molar-refractivity contribution in [3.8, 4) is 0 Å². The van der Waals surface area contributed by atoms with Crippen LogP contribution in [0.25, 0.3) is 0 Å². The Morgan fingerprint density at radius 3 is 2.89 bits per heavy atom. The summed E-state index contributed by atoms with van der Waals surface area (Å²) in [5.41, 5.74) is 0. The minimum atomic E-state index is 0.578. The molecular weight excluding hydrogens is 224 g/mol. The van der Waals surface area contributed by atoms with Crippen molar-refractivity contribution < 1.29 is 4.74 Å². The molecule has 104 valence electrons. The Morgan fingerprint density at radius 1 is 1.17 bits per heavy atom. The van der Waals surface area contributed by atoms with Crippen molar-refractivity contribution in [1.82, 2.24) is 10.2 Å². The number of rotatable bonds is 5. The summed E-state index contributed by atoms with van der Waals surface area (Å²) in [6, 6.07) is 0.787. The first-order valence-corrected chi connectivity index (χ1v) is 7.99. The third-order valence-corrected chi connectivity index (χ3v) is 4.73. The molecule has 0 aromatic rings. The molecule has 2 unspecified atom stereocenters. The van der Waals surface area contributed by atoms with Crippen molar-refractivity contribution in [2.75, 3.05) is 32.8 Å². The summed E-state index contributed by atoms with van der Waals surface area (Å²) >= 11 is 0. The molecule has 3 rings (SSSR count). The molecule has 3 fully saturated rings. The number of hydrogen-bond donors (Lipinski definition) is 1. The summed E-state index contributed by atoms with van der Waals surface area (Å²) in [7, 11) is 0. The van der Waals surface area contributed by atoms with E-state index in [0.29, 0.717) is 6.10 Å². The molecule has 0 aromatic heterocycles. The van der Waals surface area contributed by atoms with E-state index in [1.54, 1.807) is 0 Å². The lowest BCUT2D eigenvalue weighted by atomic mass is 10.1. The first kappa shape index (κ1) is 12.9. The molecular formula is C15H28N2O. The average molecular weight is 252 g/mol. The highest BCUT2D eigenvalue weighted by atomic mass is 16.5. The smallest absolute Gasteiger partial charge is 0.0576 e. The summed E-state index contributed by atoms with van der Waals surface area (Å²) < 4.78 is 5.71. The number of ether oxygens (including phenoxy) is 1. The van der Waals surface area contributed by atoms with Gasteiger partial charge in [0, 0.05) is 19.2 Å². The Bertz CT molecular complexity index is 249. The third kappa shape index (κ3) is 3.69. The van der Waals surface area contributed by atoms with Gasteiger partial charge < -0.3 is 15.0 Å². The largest absolute Gasteiger partial charge is 0.378 e. The van der Waals surface area contributed by atoms with Crippen LogP contribution in [0.1, 0.15) is 44.9 Å². The van der Waals surface area contributed by atoms with Crippen LogP contribution in [-0.2, 0) is 4.74 Å². The molecule has 3 heteroatoms. The monoisotopic (exact) mass is 252 g/mol. The molecule has 3 nitrogen and oxygen atoms in total. The van der Waals surface area contributed by atoms with Crippen LogP contribution in [0, 0.1) is 5.92 Å². The molecule has 0 aromatic carbocycles. The molecule has 2 heterocycles. The van der Waals surface area contributed by atoms with E-state index in [4.69, 9.17) is 4.74 Å². The second kappa shape index (κ2) is 6.36. The topological polar surface area (TPSA) is 24.5 Å². The van der Waals surface area contributed by atoms with Crippen molar-refractivity contribution in [2.24, 2.45) is 5.92 Å². The third-order valence-electron chi connectivity index (χ3n) is 4.73. The van der Waals surface area contributed by atoms with Gasteiger partial charge in [-0.1, -0.05) is 0 Å². The molecule has 0 radical (unpaired) electrons. The van der Waals surface area contributed by atoms with Crippen molar-refractivity contribution in [3.63, 3.8) is 0 Å². The van der Waals surface area contributed by atoms with Gasteiger partial charge in [-0.2, -0.15) is 0 Å². The van der Waals surface area contributed by atoms with E-state index in [2.05, 4.69) is 10.2 Å². The summed E-state index contributed by atoms with van der Waals surface area (Å²) in [6.45, 7) is 6.09. The maximum absolute atomic E-state index is 5.71. The van der Waals surface area contributed by atoms with Gasteiger partial charge in [-0.3, -0.25) is 0 Å². The summed E-state index contributed by atoms with van der Waals surface area (Å²) in [6.07, 6.45) is 10.00. The number of nitrogens with zero attached hydrogens (tertiary/aromatic N) is 1. The average Bonchev–Trinajstić information content (AvgIpc) is 3.13. The fraction of sp³-hybridized carbons (Fsp3) is 1.00. The molecule has 2 atom stereocenters. The van der Waals surface area contributed by atoms with Crippen LogP contribution in [0.2, 0.25) is 0 Å². The molecule has 18 heavy (non-hydrogen) atoms. The summed E-state index contributed by atoms with van der Waals surface area (Å²) in [5.74, 6) is 0.990. The molecule has 2 aliphatic heterocycles. The number of hydrogen-bond acceptors (Lipinski definition) is 3. The summed E-state index contributed by atoms with van der Waals surface area (Å²) in [4.78, 5) is 2.69. The first-order valence-electron chi connectivity index (χ1n) is 7.99. The highest BCUT2D eigenvalue weighted by Crippen LogP contribution is 2.33. The second-order valence-electron chi connectivity index (χ2n) is 6.33. The SMILES string of the molecule is C1COC(CCCN2CCCNC(C3CC3)C2)C1. The standard InChI is InChI=1S/C15H28N2O/c1(4-14-5-2-11-18-14)9-17-10-3-8-16-15(12-17)13-6-7-13/h13-16H,1-12H2. The molecule has 1 N–H and O–H groups in total. The van der Waals surface area contributed by atoms with Crippen LogP contribution in [-0.4, -0.2) is 49.8 Å². The maximum Gasteiger partial charge on any atom is 0.0576 e.